The first-order chi connectivity index (χ1) is 13.4. The molecule has 148 valence electrons. The molecule has 1 atom stereocenters. The number of imide groups is 1. The van der Waals surface area contributed by atoms with Crippen molar-refractivity contribution in [2.24, 2.45) is 0 Å². The number of likely N-dealkylation sites (tertiary alicyclic amines) is 1. The highest BCUT2D eigenvalue weighted by Gasteiger charge is 2.50. The number of anilines is 1. The van der Waals surface area contributed by atoms with E-state index < -0.39 is 23.6 Å². The second-order valence-corrected chi connectivity index (χ2v) is 7.35. The molecule has 4 rings (SSSR count). The molecule has 3 saturated heterocycles. The fraction of sp³-hybridized carbons (Fsp3) is 0.474. The molecule has 0 radical (unpaired) electrons. The van der Waals surface area contributed by atoms with Gasteiger partial charge in [-0.05, 0) is 37.5 Å². The van der Waals surface area contributed by atoms with Crippen molar-refractivity contribution in [2.45, 2.75) is 25.3 Å². The van der Waals surface area contributed by atoms with Crippen LogP contribution in [0.5, 0.6) is 0 Å². The average Bonchev–Trinajstić information content (AvgIpc) is 3.40. The molecule has 5 amide bonds. The number of urea groups is 1. The molecule has 1 N–H and O–H groups in total. The molecule has 1 aromatic rings. The molecule has 0 spiro atoms. The van der Waals surface area contributed by atoms with Crippen LogP contribution in [-0.4, -0.2) is 66.5 Å². The molecule has 0 aromatic heterocycles. The van der Waals surface area contributed by atoms with Gasteiger partial charge in [-0.1, -0.05) is 12.1 Å². The van der Waals surface area contributed by atoms with Gasteiger partial charge in [0.05, 0.1) is 6.54 Å². The number of amides is 5. The third-order valence-electron chi connectivity index (χ3n) is 5.52. The molecule has 28 heavy (non-hydrogen) atoms. The summed E-state index contributed by atoms with van der Waals surface area (Å²) in [7, 11) is 0. The lowest BCUT2D eigenvalue weighted by Gasteiger charge is -2.24. The van der Waals surface area contributed by atoms with Crippen molar-refractivity contribution in [1.82, 2.24) is 15.1 Å². The lowest BCUT2D eigenvalue weighted by Crippen LogP contribution is -2.44. The second-order valence-electron chi connectivity index (χ2n) is 7.35. The molecule has 1 aromatic carbocycles. The maximum absolute atomic E-state index is 13.1. The third-order valence-corrected chi connectivity index (χ3v) is 5.52. The van der Waals surface area contributed by atoms with Gasteiger partial charge in [-0.2, -0.15) is 0 Å². The van der Waals surface area contributed by atoms with E-state index in [9.17, 15) is 19.2 Å². The summed E-state index contributed by atoms with van der Waals surface area (Å²) in [6.45, 7) is 3.40. The average molecular weight is 386 g/mol. The van der Waals surface area contributed by atoms with Gasteiger partial charge in [0.25, 0.3) is 5.91 Å². The van der Waals surface area contributed by atoms with Gasteiger partial charge in [0.2, 0.25) is 5.91 Å². The highest BCUT2D eigenvalue weighted by molar-refractivity contribution is 6.09. The van der Waals surface area contributed by atoms with Gasteiger partial charge in [0, 0.05) is 18.8 Å². The molecule has 9 nitrogen and oxygen atoms in total. The number of carbonyl (C=O) groups excluding carboxylic acids is 4. The summed E-state index contributed by atoms with van der Waals surface area (Å²) in [5.41, 5.74) is -0.170. The highest BCUT2D eigenvalue weighted by Crippen LogP contribution is 2.32. The Balaban J connectivity index is 1.56. The van der Waals surface area contributed by atoms with Crippen LogP contribution in [0.25, 0.3) is 0 Å². The summed E-state index contributed by atoms with van der Waals surface area (Å²) in [5, 5.41) is 2.70. The van der Waals surface area contributed by atoms with Crippen molar-refractivity contribution in [3.05, 3.63) is 29.8 Å². The number of hydrogen-bond donors (Lipinski definition) is 1. The molecule has 3 aliphatic heterocycles. The molecule has 3 heterocycles. The van der Waals surface area contributed by atoms with Gasteiger partial charge in [-0.15, -0.1) is 0 Å². The topological polar surface area (TPSA) is 99.3 Å². The molecular weight excluding hydrogens is 364 g/mol. The van der Waals surface area contributed by atoms with Crippen LogP contribution in [0.4, 0.5) is 15.3 Å². The number of hydrogen-bond acceptors (Lipinski definition) is 5. The van der Waals surface area contributed by atoms with E-state index in [1.54, 1.807) is 36.1 Å². The van der Waals surface area contributed by atoms with Crippen LogP contribution in [-0.2, 0) is 19.9 Å². The summed E-state index contributed by atoms with van der Waals surface area (Å²) >= 11 is 0. The maximum atomic E-state index is 13.1. The number of benzene rings is 1. The van der Waals surface area contributed by atoms with Gasteiger partial charge in [-0.3, -0.25) is 19.4 Å². The van der Waals surface area contributed by atoms with E-state index in [0.29, 0.717) is 37.5 Å². The van der Waals surface area contributed by atoms with Crippen molar-refractivity contribution >= 4 is 29.6 Å². The van der Waals surface area contributed by atoms with Gasteiger partial charge in [0.15, 0.2) is 0 Å². The van der Waals surface area contributed by atoms with E-state index in [0.717, 1.165) is 17.7 Å². The monoisotopic (exact) mass is 386 g/mol. The zero-order chi connectivity index (χ0) is 19.9. The first-order valence-corrected chi connectivity index (χ1v) is 9.37. The minimum Gasteiger partial charge on any atom is -0.447 e. The Morgan fingerprint density at radius 3 is 2.61 bits per heavy atom. The summed E-state index contributed by atoms with van der Waals surface area (Å²) in [4.78, 5) is 53.8. The number of nitrogens with zero attached hydrogens (tertiary/aromatic N) is 3. The first-order valence-electron chi connectivity index (χ1n) is 9.37. The van der Waals surface area contributed by atoms with Crippen molar-refractivity contribution in [1.29, 1.82) is 0 Å². The van der Waals surface area contributed by atoms with Crippen molar-refractivity contribution in [3.63, 3.8) is 0 Å². The van der Waals surface area contributed by atoms with E-state index in [1.807, 2.05) is 0 Å². The second kappa shape index (κ2) is 6.81. The Bertz CT molecular complexity index is 850. The lowest BCUT2D eigenvalue weighted by molar-refractivity contribution is -0.138. The smallest absolute Gasteiger partial charge is 0.414 e. The van der Waals surface area contributed by atoms with Gasteiger partial charge in [-0.25, -0.2) is 9.59 Å². The number of ether oxygens (including phenoxy) is 1. The number of rotatable bonds is 4. The first kappa shape index (κ1) is 18.3. The van der Waals surface area contributed by atoms with Gasteiger partial charge >= 0.3 is 12.1 Å². The number of carbonyl (C=O) groups is 4. The Morgan fingerprint density at radius 1 is 1.18 bits per heavy atom. The van der Waals surface area contributed by atoms with Gasteiger partial charge < -0.3 is 15.0 Å². The number of cyclic esters (lactones) is 1. The van der Waals surface area contributed by atoms with Gasteiger partial charge in [0.1, 0.15) is 18.7 Å². The van der Waals surface area contributed by atoms with Crippen molar-refractivity contribution in [3.8, 4) is 0 Å². The molecule has 0 saturated carbocycles. The molecule has 0 aliphatic carbocycles. The fourth-order valence-corrected chi connectivity index (χ4v) is 3.85. The minimum absolute atomic E-state index is 0.223. The molecular formula is C19H22N4O5. The van der Waals surface area contributed by atoms with Crippen molar-refractivity contribution in [2.75, 3.05) is 37.7 Å². The van der Waals surface area contributed by atoms with Crippen LogP contribution in [0.1, 0.15) is 25.3 Å². The Hall–Kier alpha value is -3.10. The predicted molar refractivity (Wildman–Crippen MR) is 98.5 cm³/mol. The molecule has 3 fully saturated rings. The van der Waals surface area contributed by atoms with E-state index in [-0.39, 0.29) is 12.5 Å². The predicted octanol–water partition coefficient (Wildman–Crippen LogP) is 1.03. The standard InChI is InChI=1S/C19H22N4O5/c1-19(13-5-4-6-14(11-13)22-9-10-28-18(22)27)16(25)23(17(26)20-19)12-15(24)21-7-2-3-8-21/h4-6,11H,2-3,7-10,12H2,1H3,(H,20,26)/t19-/m1/s1. The summed E-state index contributed by atoms with van der Waals surface area (Å²) in [6, 6.07) is 6.28. The fourth-order valence-electron chi connectivity index (χ4n) is 3.85. The zero-order valence-electron chi connectivity index (χ0n) is 15.6. The van der Waals surface area contributed by atoms with Crippen LogP contribution in [0, 0.1) is 0 Å². The van der Waals surface area contributed by atoms with Crippen LogP contribution < -0.4 is 10.2 Å². The maximum Gasteiger partial charge on any atom is 0.414 e. The normalized spacial score (nSPS) is 24.8. The van der Waals surface area contributed by atoms with Crippen LogP contribution in [0.2, 0.25) is 0 Å². The van der Waals surface area contributed by atoms with Crippen molar-refractivity contribution < 1.29 is 23.9 Å². The van der Waals surface area contributed by atoms with E-state index in [4.69, 9.17) is 4.74 Å². The summed E-state index contributed by atoms with van der Waals surface area (Å²) in [5.74, 6) is -0.704. The highest BCUT2D eigenvalue weighted by atomic mass is 16.6. The zero-order valence-corrected chi connectivity index (χ0v) is 15.6. The quantitative estimate of drug-likeness (QED) is 0.780. The minimum atomic E-state index is -1.30. The largest absolute Gasteiger partial charge is 0.447 e. The van der Waals surface area contributed by atoms with Crippen LogP contribution in [0.15, 0.2) is 24.3 Å². The Labute approximate surface area is 162 Å². The van der Waals surface area contributed by atoms with Crippen LogP contribution >= 0.6 is 0 Å². The van der Waals surface area contributed by atoms with Crippen LogP contribution in [0.3, 0.4) is 0 Å². The molecule has 9 heteroatoms. The third kappa shape index (κ3) is 2.96. The molecule has 0 unspecified atom stereocenters. The lowest BCUT2D eigenvalue weighted by atomic mass is 9.91. The SMILES string of the molecule is C[C@]1(c2cccc(N3CCOC3=O)c2)NC(=O)N(CC(=O)N2CCCC2)C1=O. The molecule has 0 bridgehead atoms. The summed E-state index contributed by atoms with van der Waals surface area (Å²) < 4.78 is 4.96. The van der Waals surface area contributed by atoms with E-state index >= 15 is 0 Å². The summed E-state index contributed by atoms with van der Waals surface area (Å²) in [6.07, 6.45) is 1.44. The van der Waals surface area contributed by atoms with E-state index in [1.165, 1.54) is 4.90 Å². The molecule has 3 aliphatic rings. The number of nitrogens with one attached hydrogen (secondary N) is 1. The Kier molecular flexibility index (Phi) is 4.44. The Morgan fingerprint density at radius 2 is 1.93 bits per heavy atom. The van der Waals surface area contributed by atoms with E-state index in [2.05, 4.69) is 5.32 Å².